The topological polar surface area (TPSA) is 101 Å². The predicted molar refractivity (Wildman–Crippen MR) is 71.1 cm³/mol. The SMILES string of the molecule is CSCCC(NC(=O)Cn1cccnc1=O)C(=O)O. The average Bonchev–Trinajstić information content (AvgIpc) is 2.37. The second-order valence-electron chi connectivity index (χ2n) is 3.77. The summed E-state index contributed by atoms with van der Waals surface area (Å²) in [5.41, 5.74) is -0.548. The van der Waals surface area contributed by atoms with Crippen LogP contribution < -0.4 is 11.0 Å². The highest BCUT2D eigenvalue weighted by molar-refractivity contribution is 7.98. The van der Waals surface area contributed by atoms with Crippen LogP contribution in [0.1, 0.15) is 6.42 Å². The first kappa shape index (κ1) is 15.2. The molecule has 0 bridgehead atoms. The molecule has 1 rings (SSSR count). The fourth-order valence-corrected chi connectivity index (χ4v) is 1.87. The Balaban J connectivity index is 2.60. The lowest BCUT2D eigenvalue weighted by molar-refractivity contribution is -0.141. The maximum Gasteiger partial charge on any atom is 0.347 e. The molecule has 0 aliphatic heterocycles. The summed E-state index contributed by atoms with van der Waals surface area (Å²) in [5, 5.41) is 11.4. The first-order valence-electron chi connectivity index (χ1n) is 5.57. The highest BCUT2D eigenvalue weighted by Crippen LogP contribution is 2.01. The minimum Gasteiger partial charge on any atom is -0.480 e. The van der Waals surface area contributed by atoms with Gasteiger partial charge in [0.05, 0.1) is 0 Å². The van der Waals surface area contributed by atoms with E-state index in [0.717, 1.165) is 4.57 Å². The number of carbonyl (C=O) groups excluding carboxylic acids is 1. The number of thioether (sulfide) groups is 1. The molecule has 0 aliphatic carbocycles. The summed E-state index contributed by atoms with van der Waals surface area (Å²) in [6, 6.07) is 0.587. The Kier molecular flexibility index (Phi) is 6.07. The van der Waals surface area contributed by atoms with Gasteiger partial charge in [-0.3, -0.25) is 9.36 Å². The first-order valence-corrected chi connectivity index (χ1v) is 6.96. The van der Waals surface area contributed by atoms with Crippen molar-refractivity contribution in [1.82, 2.24) is 14.9 Å². The quantitative estimate of drug-likeness (QED) is 0.704. The van der Waals surface area contributed by atoms with Crippen LogP contribution in [0.2, 0.25) is 0 Å². The van der Waals surface area contributed by atoms with Crippen molar-refractivity contribution in [3.8, 4) is 0 Å². The number of aliphatic carboxylic acids is 1. The Morgan fingerprint density at radius 3 is 2.89 bits per heavy atom. The molecule has 1 atom stereocenters. The normalized spacial score (nSPS) is 11.8. The number of carboxylic acid groups (broad SMARTS) is 1. The molecule has 0 aliphatic rings. The summed E-state index contributed by atoms with van der Waals surface area (Å²) in [5.74, 6) is -0.978. The Morgan fingerprint density at radius 1 is 1.58 bits per heavy atom. The van der Waals surface area contributed by atoms with Gasteiger partial charge in [-0.15, -0.1) is 0 Å². The average molecular weight is 285 g/mol. The standard InChI is InChI=1S/C11H15N3O4S/c1-19-6-3-8(10(16)17)13-9(15)7-14-5-2-4-12-11(14)18/h2,4-5,8H,3,6-7H2,1H3,(H,13,15)(H,16,17). The highest BCUT2D eigenvalue weighted by atomic mass is 32.2. The number of carbonyl (C=O) groups is 2. The van der Waals surface area contributed by atoms with E-state index in [1.807, 2.05) is 6.26 Å². The molecule has 104 valence electrons. The van der Waals surface area contributed by atoms with Gasteiger partial charge in [-0.25, -0.2) is 14.6 Å². The number of hydrogen-bond donors (Lipinski definition) is 2. The van der Waals surface area contributed by atoms with Crippen LogP contribution in [0.15, 0.2) is 23.3 Å². The van der Waals surface area contributed by atoms with E-state index in [-0.39, 0.29) is 6.54 Å². The maximum absolute atomic E-state index is 11.7. The van der Waals surface area contributed by atoms with Crippen molar-refractivity contribution in [3.05, 3.63) is 28.9 Å². The fourth-order valence-electron chi connectivity index (χ4n) is 1.40. The van der Waals surface area contributed by atoms with E-state index >= 15 is 0 Å². The van der Waals surface area contributed by atoms with Crippen LogP contribution in [0.4, 0.5) is 0 Å². The fraction of sp³-hybridized carbons (Fsp3) is 0.455. The molecule has 1 amide bonds. The minimum absolute atomic E-state index is 0.240. The van der Waals surface area contributed by atoms with E-state index in [4.69, 9.17) is 5.11 Å². The van der Waals surface area contributed by atoms with Crippen molar-refractivity contribution in [2.24, 2.45) is 0 Å². The number of hydrogen-bond acceptors (Lipinski definition) is 5. The molecule has 1 unspecified atom stereocenters. The molecular formula is C11H15N3O4S. The van der Waals surface area contributed by atoms with Crippen LogP contribution in [0, 0.1) is 0 Å². The van der Waals surface area contributed by atoms with Crippen LogP contribution in [-0.4, -0.2) is 44.6 Å². The summed E-state index contributed by atoms with van der Waals surface area (Å²) in [4.78, 5) is 37.4. The van der Waals surface area contributed by atoms with E-state index in [0.29, 0.717) is 12.2 Å². The van der Waals surface area contributed by atoms with E-state index in [9.17, 15) is 14.4 Å². The summed E-state index contributed by atoms with van der Waals surface area (Å²) in [7, 11) is 0. The molecule has 0 saturated heterocycles. The van der Waals surface area contributed by atoms with Gasteiger partial charge in [-0.1, -0.05) is 0 Å². The third-order valence-electron chi connectivity index (χ3n) is 2.34. The summed E-state index contributed by atoms with van der Waals surface area (Å²) < 4.78 is 1.11. The third-order valence-corrected chi connectivity index (χ3v) is 2.98. The number of aromatic nitrogens is 2. The van der Waals surface area contributed by atoms with E-state index in [1.54, 1.807) is 0 Å². The number of amides is 1. The van der Waals surface area contributed by atoms with Crippen LogP contribution in [0.5, 0.6) is 0 Å². The third kappa shape index (κ3) is 5.12. The van der Waals surface area contributed by atoms with Gasteiger partial charge in [0, 0.05) is 12.4 Å². The predicted octanol–water partition coefficient (Wildman–Crippen LogP) is -0.434. The summed E-state index contributed by atoms with van der Waals surface area (Å²) >= 11 is 1.50. The molecule has 1 heterocycles. The van der Waals surface area contributed by atoms with Gasteiger partial charge in [0.25, 0.3) is 0 Å². The molecule has 2 N–H and O–H groups in total. The molecule has 0 fully saturated rings. The van der Waals surface area contributed by atoms with Gasteiger partial charge in [0.1, 0.15) is 12.6 Å². The molecule has 0 aromatic carbocycles. The Bertz CT molecular complexity index is 503. The number of nitrogens with zero attached hydrogens (tertiary/aromatic N) is 2. The van der Waals surface area contributed by atoms with Crippen molar-refractivity contribution in [3.63, 3.8) is 0 Å². The lowest BCUT2D eigenvalue weighted by Gasteiger charge is -2.14. The van der Waals surface area contributed by atoms with Gasteiger partial charge >= 0.3 is 11.7 Å². The molecule has 1 aromatic heterocycles. The van der Waals surface area contributed by atoms with Crippen LogP contribution >= 0.6 is 11.8 Å². The zero-order chi connectivity index (χ0) is 14.3. The zero-order valence-corrected chi connectivity index (χ0v) is 11.2. The Hall–Kier alpha value is -1.83. The Labute approximate surface area is 114 Å². The monoisotopic (exact) mass is 285 g/mol. The molecule has 8 heteroatoms. The smallest absolute Gasteiger partial charge is 0.347 e. The second-order valence-corrected chi connectivity index (χ2v) is 4.76. The summed E-state index contributed by atoms with van der Waals surface area (Å²) in [6.45, 7) is -0.240. The van der Waals surface area contributed by atoms with Crippen molar-refractivity contribution < 1.29 is 14.7 Å². The highest BCUT2D eigenvalue weighted by Gasteiger charge is 2.19. The maximum atomic E-state index is 11.7. The lowest BCUT2D eigenvalue weighted by atomic mass is 10.2. The molecular weight excluding hydrogens is 270 g/mol. The zero-order valence-electron chi connectivity index (χ0n) is 10.4. The van der Waals surface area contributed by atoms with E-state index < -0.39 is 23.6 Å². The van der Waals surface area contributed by atoms with Crippen LogP contribution in [-0.2, 0) is 16.1 Å². The van der Waals surface area contributed by atoms with Gasteiger partial charge in [0.2, 0.25) is 5.91 Å². The molecule has 0 spiro atoms. The number of carboxylic acids is 1. The van der Waals surface area contributed by atoms with Crippen molar-refractivity contribution in [2.45, 2.75) is 19.0 Å². The summed E-state index contributed by atoms with van der Waals surface area (Å²) in [6.07, 6.45) is 4.95. The lowest BCUT2D eigenvalue weighted by Crippen LogP contribution is -2.43. The molecule has 19 heavy (non-hydrogen) atoms. The van der Waals surface area contributed by atoms with E-state index in [1.165, 1.54) is 30.2 Å². The molecule has 7 nitrogen and oxygen atoms in total. The van der Waals surface area contributed by atoms with Crippen molar-refractivity contribution in [1.29, 1.82) is 0 Å². The molecule has 0 radical (unpaired) electrons. The largest absolute Gasteiger partial charge is 0.480 e. The van der Waals surface area contributed by atoms with Gasteiger partial charge in [-0.05, 0) is 24.5 Å². The number of nitrogens with one attached hydrogen (secondary N) is 1. The van der Waals surface area contributed by atoms with Crippen LogP contribution in [0.3, 0.4) is 0 Å². The first-order chi connectivity index (χ1) is 9.04. The van der Waals surface area contributed by atoms with Crippen LogP contribution in [0.25, 0.3) is 0 Å². The van der Waals surface area contributed by atoms with Gasteiger partial charge < -0.3 is 10.4 Å². The molecule has 0 saturated carbocycles. The Morgan fingerprint density at radius 2 is 2.32 bits per heavy atom. The van der Waals surface area contributed by atoms with Gasteiger partial charge in [0.15, 0.2) is 0 Å². The van der Waals surface area contributed by atoms with Crippen molar-refractivity contribution >= 4 is 23.6 Å². The molecule has 1 aromatic rings. The number of rotatable bonds is 7. The second kappa shape index (κ2) is 7.57. The van der Waals surface area contributed by atoms with E-state index in [2.05, 4.69) is 10.3 Å². The minimum atomic E-state index is -1.08. The van der Waals surface area contributed by atoms with Crippen molar-refractivity contribution in [2.75, 3.05) is 12.0 Å². The van der Waals surface area contributed by atoms with Gasteiger partial charge in [-0.2, -0.15) is 11.8 Å².